The normalized spacial score (nSPS) is 13.7. The predicted molar refractivity (Wildman–Crippen MR) is 186 cm³/mol. The Balaban J connectivity index is 3.64. The Bertz CT molecular complexity index is 558. The molecular formula is C38H77NO4. The minimum absolute atomic E-state index is 0.143. The first-order chi connectivity index (χ1) is 21.1. The third-order valence-electron chi connectivity index (χ3n) is 9.21. The van der Waals surface area contributed by atoms with Crippen LogP contribution in [0.5, 0.6) is 0 Å². The van der Waals surface area contributed by atoms with Crippen molar-refractivity contribution in [2.45, 2.75) is 231 Å². The first-order valence-corrected chi connectivity index (χ1v) is 19.3. The molecule has 0 saturated heterocycles. The van der Waals surface area contributed by atoms with Gasteiger partial charge < -0.3 is 20.6 Å². The second-order valence-corrected chi connectivity index (χ2v) is 13.5. The van der Waals surface area contributed by atoms with Gasteiger partial charge in [0.15, 0.2) is 0 Å². The third-order valence-corrected chi connectivity index (χ3v) is 9.21. The Morgan fingerprint density at radius 3 is 1.12 bits per heavy atom. The van der Waals surface area contributed by atoms with Gasteiger partial charge in [0.05, 0.1) is 18.8 Å². The van der Waals surface area contributed by atoms with Crippen LogP contribution in [-0.2, 0) is 4.79 Å². The molecule has 5 nitrogen and oxygen atoms in total. The van der Waals surface area contributed by atoms with E-state index in [1.165, 1.54) is 154 Å². The number of carbonyl (C=O) groups excluding carboxylic acids is 1. The van der Waals surface area contributed by atoms with Crippen LogP contribution in [-0.4, -0.2) is 46.1 Å². The van der Waals surface area contributed by atoms with E-state index in [9.17, 15) is 20.1 Å². The van der Waals surface area contributed by atoms with E-state index in [2.05, 4.69) is 19.2 Å². The molecule has 3 atom stereocenters. The molecule has 43 heavy (non-hydrogen) atoms. The average molecular weight is 612 g/mol. The molecule has 0 aliphatic heterocycles. The molecule has 1 amide bonds. The molecule has 0 bridgehead atoms. The van der Waals surface area contributed by atoms with Gasteiger partial charge in [0.2, 0.25) is 5.91 Å². The van der Waals surface area contributed by atoms with Gasteiger partial charge in [-0.2, -0.15) is 0 Å². The first kappa shape index (κ1) is 42.3. The molecule has 0 fully saturated rings. The van der Waals surface area contributed by atoms with Crippen LogP contribution in [0.1, 0.15) is 213 Å². The maximum Gasteiger partial charge on any atom is 0.220 e. The van der Waals surface area contributed by atoms with Crippen molar-refractivity contribution in [3.05, 3.63) is 0 Å². The molecule has 0 aromatic carbocycles. The average Bonchev–Trinajstić information content (AvgIpc) is 3.01. The molecule has 258 valence electrons. The lowest BCUT2D eigenvalue weighted by atomic mass is 9.99. The van der Waals surface area contributed by atoms with Crippen molar-refractivity contribution in [3.8, 4) is 0 Å². The summed E-state index contributed by atoms with van der Waals surface area (Å²) in [4.78, 5) is 12.3. The van der Waals surface area contributed by atoms with Gasteiger partial charge in [0, 0.05) is 6.42 Å². The smallest absolute Gasteiger partial charge is 0.220 e. The maximum absolute atomic E-state index is 12.3. The van der Waals surface area contributed by atoms with Crippen molar-refractivity contribution in [3.63, 3.8) is 0 Å². The van der Waals surface area contributed by atoms with E-state index in [1.807, 2.05) is 0 Å². The molecule has 0 rings (SSSR count). The molecule has 0 aliphatic rings. The van der Waals surface area contributed by atoms with Crippen LogP contribution in [0.2, 0.25) is 0 Å². The predicted octanol–water partition coefficient (Wildman–Crippen LogP) is 10.3. The number of nitrogens with one attached hydrogen (secondary N) is 1. The fourth-order valence-corrected chi connectivity index (χ4v) is 6.16. The summed E-state index contributed by atoms with van der Waals surface area (Å²) in [6.45, 7) is 4.18. The van der Waals surface area contributed by atoms with E-state index in [1.54, 1.807) is 0 Å². The molecule has 2 unspecified atom stereocenters. The van der Waals surface area contributed by atoms with Crippen LogP contribution in [0, 0.1) is 0 Å². The summed E-state index contributed by atoms with van der Waals surface area (Å²) in [5.74, 6) is -0.143. The summed E-state index contributed by atoms with van der Waals surface area (Å²) >= 11 is 0. The fourth-order valence-electron chi connectivity index (χ4n) is 6.16. The molecule has 4 N–H and O–H groups in total. The highest BCUT2D eigenvalue weighted by Gasteiger charge is 2.26. The van der Waals surface area contributed by atoms with Gasteiger partial charge in [0.1, 0.15) is 6.10 Å². The number of hydrogen-bond acceptors (Lipinski definition) is 4. The maximum atomic E-state index is 12.3. The lowest BCUT2D eigenvalue weighted by molar-refractivity contribution is -0.124. The second kappa shape index (κ2) is 34.2. The van der Waals surface area contributed by atoms with Gasteiger partial charge in [-0.05, 0) is 12.8 Å². The van der Waals surface area contributed by atoms with Gasteiger partial charge in [-0.15, -0.1) is 0 Å². The summed E-state index contributed by atoms with van der Waals surface area (Å²) in [6, 6.07) is -0.800. The monoisotopic (exact) mass is 612 g/mol. The van der Waals surface area contributed by atoms with Crippen molar-refractivity contribution < 1.29 is 20.1 Å². The number of unbranched alkanes of at least 4 members (excludes halogenated alkanes) is 27. The number of carbonyl (C=O) groups is 1. The third kappa shape index (κ3) is 29.8. The Morgan fingerprint density at radius 1 is 0.488 bits per heavy atom. The van der Waals surface area contributed by atoms with Crippen molar-refractivity contribution in [2.75, 3.05) is 6.61 Å². The van der Waals surface area contributed by atoms with E-state index in [-0.39, 0.29) is 12.5 Å². The van der Waals surface area contributed by atoms with Gasteiger partial charge in [0.25, 0.3) is 0 Å². The van der Waals surface area contributed by atoms with Crippen LogP contribution in [0.4, 0.5) is 0 Å². The molecule has 0 aromatic heterocycles. The molecule has 0 spiro atoms. The lowest BCUT2D eigenvalue weighted by Crippen LogP contribution is -2.50. The van der Waals surface area contributed by atoms with Crippen LogP contribution in [0.25, 0.3) is 0 Å². The number of aliphatic hydroxyl groups excluding tert-OH is 3. The Kier molecular flexibility index (Phi) is 33.7. The van der Waals surface area contributed by atoms with E-state index in [0.717, 1.165) is 32.1 Å². The summed E-state index contributed by atoms with van der Waals surface area (Å²) in [5, 5.41) is 33.4. The minimum Gasteiger partial charge on any atom is -0.394 e. The van der Waals surface area contributed by atoms with Gasteiger partial charge in [-0.25, -0.2) is 0 Å². The van der Waals surface area contributed by atoms with Crippen LogP contribution >= 0.6 is 0 Å². The first-order valence-electron chi connectivity index (χ1n) is 19.3. The van der Waals surface area contributed by atoms with E-state index >= 15 is 0 Å². The Hall–Kier alpha value is -0.650. The summed E-state index contributed by atoms with van der Waals surface area (Å²) in [5.41, 5.74) is 0. The van der Waals surface area contributed by atoms with Gasteiger partial charge in [-0.1, -0.05) is 194 Å². The second-order valence-electron chi connectivity index (χ2n) is 13.5. The summed E-state index contributed by atoms with van der Waals surface area (Å²) in [7, 11) is 0. The number of hydrogen-bond donors (Lipinski definition) is 4. The van der Waals surface area contributed by atoms with Crippen molar-refractivity contribution >= 4 is 5.91 Å². The Morgan fingerprint density at radius 2 is 0.791 bits per heavy atom. The molecule has 0 aromatic rings. The SMILES string of the molecule is CCCCCCCCCCCCCCCCCCC(O)[C@@H](O)C(CO)NC(=O)CCCCCCCCCCCCCCC. The fraction of sp³-hybridized carbons (Fsp3) is 0.974. The molecule has 0 radical (unpaired) electrons. The highest BCUT2D eigenvalue weighted by Crippen LogP contribution is 2.16. The number of aliphatic hydroxyl groups is 3. The van der Waals surface area contributed by atoms with Crippen LogP contribution < -0.4 is 5.32 Å². The van der Waals surface area contributed by atoms with Crippen molar-refractivity contribution in [1.29, 1.82) is 0 Å². The summed E-state index contributed by atoms with van der Waals surface area (Å²) < 4.78 is 0. The Labute approximate surface area is 268 Å². The molecule has 5 heteroatoms. The van der Waals surface area contributed by atoms with E-state index < -0.39 is 18.2 Å². The van der Waals surface area contributed by atoms with Crippen molar-refractivity contribution in [1.82, 2.24) is 5.32 Å². The van der Waals surface area contributed by atoms with Crippen molar-refractivity contribution in [2.24, 2.45) is 0 Å². The van der Waals surface area contributed by atoms with E-state index in [0.29, 0.717) is 12.8 Å². The molecule has 0 saturated carbocycles. The largest absolute Gasteiger partial charge is 0.394 e. The molecule has 0 aliphatic carbocycles. The zero-order valence-corrected chi connectivity index (χ0v) is 29.1. The van der Waals surface area contributed by atoms with Crippen LogP contribution in [0.3, 0.4) is 0 Å². The lowest BCUT2D eigenvalue weighted by Gasteiger charge is -2.26. The van der Waals surface area contributed by atoms with Crippen LogP contribution in [0.15, 0.2) is 0 Å². The zero-order valence-electron chi connectivity index (χ0n) is 29.1. The number of amides is 1. The summed E-state index contributed by atoms with van der Waals surface area (Å²) in [6.07, 6.45) is 36.2. The minimum atomic E-state index is -1.13. The standard InChI is InChI=1S/C38H77NO4/c1-3-5-7-9-11-13-15-17-18-19-21-22-24-26-28-30-32-36(41)38(43)35(34-40)39-37(42)33-31-29-27-25-23-20-16-14-12-10-8-6-4-2/h35-36,38,40-41,43H,3-34H2,1-2H3,(H,39,42)/t35?,36?,38-/m0/s1. The highest BCUT2D eigenvalue weighted by molar-refractivity contribution is 5.76. The van der Waals surface area contributed by atoms with Gasteiger partial charge in [-0.3, -0.25) is 4.79 Å². The quantitative estimate of drug-likeness (QED) is 0.0537. The topological polar surface area (TPSA) is 89.8 Å². The number of rotatable bonds is 35. The molecular weight excluding hydrogens is 534 g/mol. The molecule has 0 heterocycles. The van der Waals surface area contributed by atoms with Gasteiger partial charge >= 0.3 is 0 Å². The highest BCUT2D eigenvalue weighted by atomic mass is 16.3. The zero-order chi connectivity index (χ0) is 31.6. The van der Waals surface area contributed by atoms with E-state index in [4.69, 9.17) is 0 Å².